The Morgan fingerprint density at radius 1 is 1.00 bits per heavy atom. The van der Waals surface area contributed by atoms with Gasteiger partial charge in [0.2, 0.25) is 10.0 Å². The molecule has 4 aromatic rings. The molecule has 0 spiro atoms. The van der Waals surface area contributed by atoms with Gasteiger partial charge in [0.25, 0.3) is 5.56 Å². The van der Waals surface area contributed by atoms with Crippen LogP contribution in [0.5, 0.6) is 0 Å². The molecule has 0 bridgehead atoms. The van der Waals surface area contributed by atoms with Crippen molar-refractivity contribution in [3.8, 4) is 5.69 Å². The van der Waals surface area contributed by atoms with Crippen molar-refractivity contribution in [1.29, 1.82) is 0 Å². The van der Waals surface area contributed by atoms with Gasteiger partial charge in [0.1, 0.15) is 5.82 Å². The molecule has 0 saturated carbocycles. The van der Waals surface area contributed by atoms with Crippen molar-refractivity contribution in [3.63, 3.8) is 0 Å². The Bertz CT molecular complexity index is 1570. The fraction of sp³-hybridized carbons (Fsp3) is 0.259. The summed E-state index contributed by atoms with van der Waals surface area (Å²) in [6.07, 6.45) is 0. The van der Waals surface area contributed by atoms with E-state index in [2.05, 4.69) is 0 Å². The fourth-order valence-corrected chi connectivity index (χ4v) is 6.97. The lowest BCUT2D eigenvalue weighted by Crippen LogP contribution is -2.38. The monoisotopic (exact) mass is 509 g/mol. The average Bonchev–Trinajstić information content (AvgIpc) is 2.78. The maximum absolute atomic E-state index is 14.0. The van der Waals surface area contributed by atoms with E-state index in [1.807, 2.05) is 32.9 Å². The summed E-state index contributed by atoms with van der Waals surface area (Å²) in [5.41, 5.74) is 3.13. The minimum atomic E-state index is -3.90. The summed E-state index contributed by atoms with van der Waals surface area (Å²) < 4.78 is 30.8. The van der Waals surface area contributed by atoms with Crippen LogP contribution in [0, 0.1) is 20.8 Å². The molecule has 0 aliphatic rings. The van der Waals surface area contributed by atoms with Crippen LogP contribution in [0.3, 0.4) is 0 Å². The third-order valence-electron chi connectivity index (χ3n) is 6.16. The van der Waals surface area contributed by atoms with Crippen molar-refractivity contribution >= 4 is 32.5 Å². The van der Waals surface area contributed by atoms with Crippen LogP contribution < -0.4 is 5.56 Å². The van der Waals surface area contributed by atoms with Crippen molar-refractivity contribution in [1.82, 2.24) is 13.9 Å². The van der Waals surface area contributed by atoms with Crippen LogP contribution in [0.1, 0.15) is 42.4 Å². The highest BCUT2D eigenvalue weighted by Crippen LogP contribution is 2.32. The number of para-hydroxylation sites is 1. The minimum absolute atomic E-state index is 0.203. The first-order valence-corrected chi connectivity index (χ1v) is 13.3. The van der Waals surface area contributed by atoms with Crippen LogP contribution in [0.25, 0.3) is 16.6 Å². The van der Waals surface area contributed by atoms with Crippen LogP contribution in [0.15, 0.2) is 70.4 Å². The summed E-state index contributed by atoms with van der Waals surface area (Å²) in [4.78, 5) is 18.7. The Morgan fingerprint density at radius 3 is 2.29 bits per heavy atom. The molecule has 0 aliphatic carbocycles. The van der Waals surface area contributed by atoms with E-state index >= 15 is 0 Å². The summed E-state index contributed by atoms with van der Waals surface area (Å²) in [6, 6.07) is 17.0. The predicted molar refractivity (Wildman–Crippen MR) is 141 cm³/mol. The van der Waals surface area contributed by atoms with Gasteiger partial charge in [0.15, 0.2) is 0 Å². The number of benzene rings is 3. The zero-order chi connectivity index (χ0) is 25.5. The number of aryl methyl sites for hydroxylation is 3. The van der Waals surface area contributed by atoms with E-state index in [9.17, 15) is 13.2 Å². The van der Waals surface area contributed by atoms with Crippen LogP contribution in [-0.2, 0) is 10.0 Å². The second-order valence-electron chi connectivity index (χ2n) is 8.72. The van der Waals surface area contributed by atoms with E-state index in [1.54, 1.807) is 62.4 Å². The molecule has 0 N–H and O–H groups in total. The second kappa shape index (κ2) is 9.57. The van der Waals surface area contributed by atoms with E-state index in [4.69, 9.17) is 16.6 Å². The Labute approximate surface area is 210 Å². The number of nitrogens with zero attached hydrogens (tertiary/aromatic N) is 3. The summed E-state index contributed by atoms with van der Waals surface area (Å²) in [5, 5.41) is 0.909. The first kappa shape index (κ1) is 25.1. The molecule has 0 amide bonds. The number of aromatic nitrogens is 2. The molecular weight excluding hydrogens is 482 g/mol. The van der Waals surface area contributed by atoms with Gasteiger partial charge in [-0.15, -0.1) is 0 Å². The molecule has 1 aromatic heterocycles. The van der Waals surface area contributed by atoms with Crippen LogP contribution in [-0.4, -0.2) is 28.8 Å². The van der Waals surface area contributed by atoms with Gasteiger partial charge < -0.3 is 0 Å². The molecule has 0 aliphatic heterocycles. The maximum Gasteiger partial charge on any atom is 0.266 e. The number of hydrogen-bond donors (Lipinski definition) is 0. The molecule has 6 nitrogen and oxygen atoms in total. The van der Waals surface area contributed by atoms with Gasteiger partial charge in [0.05, 0.1) is 27.5 Å². The Hall–Kier alpha value is -3.00. The molecule has 0 saturated heterocycles. The lowest BCUT2D eigenvalue weighted by Gasteiger charge is -2.30. The Balaban J connectivity index is 1.98. The maximum atomic E-state index is 14.0. The fourth-order valence-electron chi connectivity index (χ4n) is 4.77. The van der Waals surface area contributed by atoms with Gasteiger partial charge in [-0.3, -0.25) is 9.36 Å². The largest absolute Gasteiger partial charge is 0.268 e. The first-order valence-electron chi connectivity index (χ1n) is 11.4. The predicted octanol–water partition coefficient (Wildman–Crippen LogP) is 5.74. The topological polar surface area (TPSA) is 72.3 Å². The van der Waals surface area contributed by atoms with E-state index in [1.165, 1.54) is 8.87 Å². The van der Waals surface area contributed by atoms with E-state index in [-0.39, 0.29) is 17.0 Å². The number of sulfonamides is 1. The third kappa shape index (κ3) is 4.51. The van der Waals surface area contributed by atoms with E-state index < -0.39 is 16.1 Å². The van der Waals surface area contributed by atoms with Crippen molar-refractivity contribution in [2.75, 3.05) is 6.54 Å². The number of halogens is 1. The standard InChI is InChI=1S/C27H28ClN3O3S/c1-6-30(35(33,34)25-18(3)14-17(2)15-19(25)4)20(5)26-29-24-13-8-7-12-23(24)27(32)31(26)22-11-9-10-21(28)16-22/h7-16,20H,6H2,1-5H3. The number of rotatable bonds is 6. The SMILES string of the molecule is CCN(C(C)c1nc2ccccc2c(=O)n1-c1cccc(Cl)c1)S(=O)(=O)c1c(C)cc(C)cc1C. The quantitative estimate of drug-likeness (QED) is 0.332. The number of hydrogen-bond acceptors (Lipinski definition) is 4. The van der Waals surface area contributed by atoms with Gasteiger partial charge in [-0.05, 0) is 69.2 Å². The zero-order valence-electron chi connectivity index (χ0n) is 20.4. The first-order chi connectivity index (χ1) is 16.6. The average molecular weight is 510 g/mol. The molecule has 0 radical (unpaired) electrons. The summed E-state index contributed by atoms with van der Waals surface area (Å²) in [6.45, 7) is 9.31. The third-order valence-corrected chi connectivity index (χ3v) is 8.74. The van der Waals surface area contributed by atoms with Gasteiger partial charge in [0, 0.05) is 11.6 Å². The van der Waals surface area contributed by atoms with Crippen LogP contribution in [0.2, 0.25) is 5.02 Å². The Morgan fingerprint density at radius 2 is 1.66 bits per heavy atom. The molecule has 1 unspecified atom stereocenters. The molecule has 3 aromatic carbocycles. The Kier molecular flexibility index (Phi) is 6.86. The molecule has 4 rings (SSSR count). The summed E-state index contributed by atoms with van der Waals surface area (Å²) in [7, 11) is -3.90. The normalized spacial score (nSPS) is 12.9. The molecular formula is C27H28ClN3O3S. The molecule has 182 valence electrons. The molecule has 1 atom stereocenters. The molecule has 1 heterocycles. The van der Waals surface area contributed by atoms with Crippen molar-refractivity contribution < 1.29 is 8.42 Å². The smallest absolute Gasteiger partial charge is 0.266 e. The highest BCUT2D eigenvalue weighted by atomic mass is 35.5. The molecule has 35 heavy (non-hydrogen) atoms. The molecule has 8 heteroatoms. The second-order valence-corrected chi connectivity index (χ2v) is 11.0. The van der Waals surface area contributed by atoms with Gasteiger partial charge in [-0.25, -0.2) is 13.4 Å². The van der Waals surface area contributed by atoms with Gasteiger partial charge in [-0.2, -0.15) is 4.31 Å². The van der Waals surface area contributed by atoms with Crippen LogP contribution >= 0.6 is 11.6 Å². The minimum Gasteiger partial charge on any atom is -0.268 e. The van der Waals surface area contributed by atoms with Crippen molar-refractivity contribution in [2.24, 2.45) is 0 Å². The zero-order valence-corrected chi connectivity index (χ0v) is 22.0. The summed E-state index contributed by atoms with van der Waals surface area (Å²) in [5.74, 6) is 0.323. The lowest BCUT2D eigenvalue weighted by atomic mass is 10.1. The van der Waals surface area contributed by atoms with E-state index in [0.29, 0.717) is 38.6 Å². The molecule has 0 fully saturated rings. The van der Waals surface area contributed by atoms with Gasteiger partial charge >= 0.3 is 0 Å². The number of fused-ring (bicyclic) bond motifs is 1. The van der Waals surface area contributed by atoms with Crippen molar-refractivity contribution in [2.45, 2.75) is 45.6 Å². The van der Waals surface area contributed by atoms with Crippen molar-refractivity contribution in [3.05, 3.63) is 98.6 Å². The summed E-state index contributed by atoms with van der Waals surface area (Å²) >= 11 is 6.25. The van der Waals surface area contributed by atoms with E-state index in [0.717, 1.165) is 5.56 Å². The lowest BCUT2D eigenvalue weighted by molar-refractivity contribution is 0.340. The highest BCUT2D eigenvalue weighted by molar-refractivity contribution is 7.89. The van der Waals surface area contributed by atoms with Gasteiger partial charge in [-0.1, -0.05) is 54.4 Å². The highest BCUT2D eigenvalue weighted by Gasteiger charge is 2.34. The van der Waals surface area contributed by atoms with Crippen LogP contribution in [0.4, 0.5) is 0 Å².